The Morgan fingerprint density at radius 1 is 1.05 bits per heavy atom. The lowest BCUT2D eigenvalue weighted by Gasteiger charge is -2.43. The van der Waals surface area contributed by atoms with Gasteiger partial charge in [0.15, 0.2) is 11.4 Å². The van der Waals surface area contributed by atoms with Crippen LogP contribution in [0, 0.1) is 24.5 Å². The Hall–Kier alpha value is -2.39. The van der Waals surface area contributed by atoms with Crippen molar-refractivity contribution in [1.29, 1.82) is 0 Å². The number of hydrogen-bond donors (Lipinski definition) is 1. The lowest BCUT2D eigenvalue weighted by Crippen LogP contribution is -2.60. The summed E-state index contributed by atoms with van der Waals surface area (Å²) in [5, 5.41) is 3.08. The summed E-state index contributed by atoms with van der Waals surface area (Å²) < 4.78 is 53.6. The number of fused-ring (bicyclic) bond motifs is 1. The van der Waals surface area contributed by atoms with Gasteiger partial charge in [-0.15, -0.1) is 0 Å². The van der Waals surface area contributed by atoms with Gasteiger partial charge in [-0.1, -0.05) is 35.9 Å². The maximum Gasteiger partial charge on any atom is 0.252 e. The van der Waals surface area contributed by atoms with Gasteiger partial charge in [-0.25, -0.2) is 8.78 Å². The first-order chi connectivity index (χ1) is 17.6. The van der Waals surface area contributed by atoms with Crippen LogP contribution < -0.4 is 5.32 Å². The molecule has 0 spiro atoms. The first-order valence-corrected chi connectivity index (χ1v) is 13.0. The maximum atomic E-state index is 14.3. The minimum atomic E-state index is -1.25. The van der Waals surface area contributed by atoms with E-state index in [4.69, 9.17) is 18.9 Å². The van der Waals surface area contributed by atoms with Gasteiger partial charge in [0.1, 0.15) is 17.7 Å². The summed E-state index contributed by atoms with van der Waals surface area (Å²) >= 11 is 0. The second kappa shape index (κ2) is 10.4. The summed E-state index contributed by atoms with van der Waals surface area (Å²) in [5.41, 5.74) is 0.639. The third kappa shape index (κ3) is 6.03. The predicted molar refractivity (Wildman–Crippen MR) is 132 cm³/mol. The number of carbonyl (C=O) groups is 1. The van der Waals surface area contributed by atoms with E-state index in [0.717, 1.165) is 24.0 Å². The molecule has 2 aliphatic carbocycles. The van der Waals surface area contributed by atoms with Gasteiger partial charge in [-0.3, -0.25) is 4.79 Å². The third-order valence-corrected chi connectivity index (χ3v) is 7.41. The van der Waals surface area contributed by atoms with E-state index < -0.39 is 41.3 Å². The van der Waals surface area contributed by atoms with E-state index in [2.05, 4.69) is 5.32 Å². The monoisotopic (exact) mass is 515 g/mol. The summed E-state index contributed by atoms with van der Waals surface area (Å²) in [5.74, 6) is -1.97. The highest BCUT2D eigenvalue weighted by Gasteiger charge is 2.58. The van der Waals surface area contributed by atoms with E-state index in [0.29, 0.717) is 12.5 Å². The van der Waals surface area contributed by atoms with Gasteiger partial charge in [0.25, 0.3) is 5.91 Å². The van der Waals surface area contributed by atoms with Gasteiger partial charge in [-0.2, -0.15) is 0 Å². The summed E-state index contributed by atoms with van der Waals surface area (Å²) in [6.45, 7) is 6.15. The first kappa shape index (κ1) is 26.2. The quantitative estimate of drug-likeness (QED) is 0.512. The Labute approximate surface area is 216 Å². The molecule has 2 saturated carbocycles. The Morgan fingerprint density at radius 2 is 1.78 bits per heavy atom. The zero-order valence-electron chi connectivity index (χ0n) is 21.6. The lowest BCUT2D eigenvalue weighted by atomic mass is 9.78. The van der Waals surface area contributed by atoms with E-state index in [1.807, 2.05) is 31.2 Å². The highest BCUT2D eigenvalue weighted by molar-refractivity contribution is 5.85. The fraction of sp³-hybridized carbons (Fsp3) is 0.552. The van der Waals surface area contributed by atoms with Crippen molar-refractivity contribution in [3.05, 3.63) is 70.8 Å². The standard InChI is InChI=1S/C29H35F2NO5/c1-18-6-4-7-20(12-18)16-35-29(27(33)32-15-19-10-11-19)13-24(26-25(14-29)36-28(2,3)37-26)34-17-21-22(30)8-5-9-23(21)31/h4-9,12,19,24-26H,10-11,13-17H2,1-3H3,(H,32,33)/t24-,25-,26+,29-/m1/s1. The molecule has 200 valence electrons. The second-order valence-corrected chi connectivity index (χ2v) is 11.0. The zero-order chi connectivity index (χ0) is 26.2. The normalized spacial score (nSPS) is 28.6. The molecule has 0 unspecified atom stereocenters. The molecule has 0 bridgehead atoms. The number of hydrogen-bond acceptors (Lipinski definition) is 5. The molecule has 37 heavy (non-hydrogen) atoms. The molecule has 3 fully saturated rings. The molecule has 4 atom stereocenters. The van der Waals surface area contributed by atoms with Crippen molar-refractivity contribution < 1.29 is 32.5 Å². The molecule has 1 amide bonds. The maximum absolute atomic E-state index is 14.3. The highest BCUT2D eigenvalue weighted by atomic mass is 19.1. The van der Waals surface area contributed by atoms with E-state index in [9.17, 15) is 13.6 Å². The SMILES string of the molecule is Cc1cccc(CO[C@]2(C(=O)NCC3CC3)C[C@@H](OCc3c(F)cccc3F)[C@@H]3OC(C)(C)O[C@@H]3C2)c1. The molecule has 1 N–H and O–H groups in total. The number of nitrogens with one attached hydrogen (secondary N) is 1. The second-order valence-electron chi connectivity index (χ2n) is 11.0. The van der Waals surface area contributed by atoms with E-state index in [1.54, 1.807) is 13.8 Å². The van der Waals surface area contributed by atoms with Crippen molar-refractivity contribution in [2.45, 2.75) is 89.4 Å². The van der Waals surface area contributed by atoms with Crippen LogP contribution in [0.3, 0.4) is 0 Å². The van der Waals surface area contributed by atoms with Crippen molar-refractivity contribution in [2.24, 2.45) is 5.92 Å². The van der Waals surface area contributed by atoms with Crippen LogP contribution in [0.15, 0.2) is 42.5 Å². The van der Waals surface area contributed by atoms with Gasteiger partial charge in [-0.05, 0) is 57.2 Å². The molecule has 2 aromatic rings. The Morgan fingerprint density at radius 3 is 2.49 bits per heavy atom. The zero-order valence-corrected chi connectivity index (χ0v) is 21.6. The number of aryl methyl sites for hydroxylation is 1. The van der Waals surface area contributed by atoms with E-state index >= 15 is 0 Å². The fourth-order valence-electron chi connectivity index (χ4n) is 5.31. The van der Waals surface area contributed by atoms with Crippen LogP contribution in [-0.2, 0) is 37.0 Å². The van der Waals surface area contributed by atoms with Crippen LogP contribution in [0.5, 0.6) is 0 Å². The Balaban J connectivity index is 1.41. The number of halogens is 2. The topological polar surface area (TPSA) is 66.0 Å². The highest BCUT2D eigenvalue weighted by Crippen LogP contribution is 2.44. The average molecular weight is 516 g/mol. The summed E-state index contributed by atoms with van der Waals surface area (Å²) in [6.07, 6.45) is 1.01. The number of ether oxygens (including phenoxy) is 4. The van der Waals surface area contributed by atoms with Crippen LogP contribution in [-0.4, -0.2) is 42.2 Å². The van der Waals surface area contributed by atoms with Crippen LogP contribution in [0.2, 0.25) is 0 Å². The molecule has 2 aromatic carbocycles. The van der Waals surface area contributed by atoms with Crippen LogP contribution in [0.25, 0.3) is 0 Å². The van der Waals surface area contributed by atoms with Gasteiger partial charge >= 0.3 is 0 Å². The molecule has 1 heterocycles. The lowest BCUT2D eigenvalue weighted by molar-refractivity contribution is -0.183. The summed E-state index contributed by atoms with van der Waals surface area (Å²) in [4.78, 5) is 13.7. The van der Waals surface area contributed by atoms with Crippen molar-refractivity contribution >= 4 is 5.91 Å². The predicted octanol–water partition coefficient (Wildman–Crippen LogP) is 4.95. The average Bonchev–Trinajstić information content (AvgIpc) is 3.61. The van der Waals surface area contributed by atoms with E-state index in [-0.39, 0.29) is 37.5 Å². The molecule has 0 radical (unpaired) electrons. The molecule has 8 heteroatoms. The van der Waals surface area contributed by atoms with Gasteiger partial charge < -0.3 is 24.3 Å². The Bertz CT molecular complexity index is 1120. The van der Waals surface area contributed by atoms with Crippen LogP contribution >= 0.6 is 0 Å². The van der Waals surface area contributed by atoms with Crippen LogP contribution in [0.4, 0.5) is 8.78 Å². The van der Waals surface area contributed by atoms with Gasteiger partial charge in [0.05, 0.1) is 25.4 Å². The molecular formula is C29H35F2NO5. The Kier molecular flexibility index (Phi) is 7.38. The molecule has 6 nitrogen and oxygen atoms in total. The minimum Gasteiger partial charge on any atom is -0.370 e. The van der Waals surface area contributed by atoms with Crippen LogP contribution in [0.1, 0.15) is 56.2 Å². The summed E-state index contributed by atoms with van der Waals surface area (Å²) in [6, 6.07) is 11.7. The van der Waals surface area contributed by atoms with E-state index in [1.165, 1.54) is 18.2 Å². The molecule has 5 rings (SSSR count). The molecule has 1 saturated heterocycles. The molecular weight excluding hydrogens is 480 g/mol. The number of amides is 1. The smallest absolute Gasteiger partial charge is 0.252 e. The first-order valence-electron chi connectivity index (χ1n) is 13.0. The number of benzene rings is 2. The van der Waals surface area contributed by atoms with Gasteiger partial charge in [0, 0.05) is 24.9 Å². The van der Waals surface area contributed by atoms with Crippen molar-refractivity contribution in [3.63, 3.8) is 0 Å². The number of rotatable bonds is 9. The minimum absolute atomic E-state index is 0.160. The largest absolute Gasteiger partial charge is 0.370 e. The molecule has 0 aromatic heterocycles. The van der Waals surface area contributed by atoms with Gasteiger partial charge in [0.2, 0.25) is 0 Å². The van der Waals surface area contributed by atoms with Crippen molar-refractivity contribution in [2.75, 3.05) is 6.54 Å². The summed E-state index contributed by atoms with van der Waals surface area (Å²) in [7, 11) is 0. The molecule has 1 aliphatic heterocycles. The van der Waals surface area contributed by atoms with Crippen molar-refractivity contribution in [3.8, 4) is 0 Å². The fourth-order valence-corrected chi connectivity index (χ4v) is 5.31. The van der Waals surface area contributed by atoms with Crippen molar-refractivity contribution in [1.82, 2.24) is 5.32 Å². The number of carbonyl (C=O) groups excluding carboxylic acids is 1. The molecule has 3 aliphatic rings. The third-order valence-electron chi connectivity index (χ3n) is 7.41.